The van der Waals surface area contributed by atoms with Crippen LogP contribution in [0.15, 0.2) is 48.7 Å². The zero-order chi connectivity index (χ0) is 20.9. The average molecular weight is 418 g/mol. The highest BCUT2D eigenvalue weighted by Crippen LogP contribution is 2.46. The number of nitrogens with zero attached hydrogens (tertiary/aromatic N) is 3. The Morgan fingerprint density at radius 3 is 2.42 bits per heavy atom. The summed E-state index contributed by atoms with van der Waals surface area (Å²) in [6.45, 7) is 1.94. The highest BCUT2D eigenvalue weighted by atomic mass is 19.1. The Morgan fingerprint density at radius 2 is 1.65 bits per heavy atom. The lowest BCUT2D eigenvalue weighted by atomic mass is 9.86. The number of rotatable bonds is 4. The monoisotopic (exact) mass is 418 g/mol. The molecule has 3 heterocycles. The van der Waals surface area contributed by atoms with Crippen molar-refractivity contribution in [3.63, 3.8) is 0 Å². The van der Waals surface area contributed by atoms with Crippen molar-refractivity contribution in [2.75, 3.05) is 13.1 Å². The van der Waals surface area contributed by atoms with Gasteiger partial charge in [-0.25, -0.2) is 13.8 Å². The molecule has 31 heavy (non-hydrogen) atoms. The fourth-order valence-corrected chi connectivity index (χ4v) is 5.23. The number of aromatic amines is 1. The minimum absolute atomic E-state index is 0.214. The third kappa shape index (κ3) is 3.49. The maximum Gasteiger partial charge on any atom is 0.125 e. The molecular formula is C25H24F2N4. The summed E-state index contributed by atoms with van der Waals surface area (Å²) in [6, 6.07) is 11.9. The Kier molecular flexibility index (Phi) is 4.49. The second kappa shape index (κ2) is 7.38. The maximum atomic E-state index is 13.9. The molecule has 0 radical (unpaired) electrons. The predicted octanol–water partition coefficient (Wildman–Crippen LogP) is 5.72. The van der Waals surface area contributed by atoms with Crippen LogP contribution in [0.25, 0.3) is 21.9 Å². The van der Waals surface area contributed by atoms with Gasteiger partial charge in [0.05, 0.1) is 22.6 Å². The number of halogens is 2. The second-order valence-corrected chi connectivity index (χ2v) is 8.94. The highest BCUT2D eigenvalue weighted by molar-refractivity contribution is 5.82. The van der Waals surface area contributed by atoms with Gasteiger partial charge in [0.15, 0.2) is 0 Å². The molecule has 2 fully saturated rings. The summed E-state index contributed by atoms with van der Waals surface area (Å²) in [4.78, 5) is 15.1. The first kappa shape index (κ1) is 18.9. The minimum atomic E-state index is -0.243. The minimum Gasteiger partial charge on any atom is -0.341 e. The van der Waals surface area contributed by atoms with Crippen LogP contribution in [0.1, 0.15) is 49.0 Å². The molecule has 2 aromatic carbocycles. The third-order valence-corrected chi connectivity index (χ3v) is 6.91. The molecule has 6 rings (SSSR count). The van der Waals surface area contributed by atoms with E-state index in [1.807, 2.05) is 12.3 Å². The fourth-order valence-electron chi connectivity index (χ4n) is 5.23. The summed E-state index contributed by atoms with van der Waals surface area (Å²) in [5, 5.41) is 0.930. The molecule has 158 valence electrons. The molecule has 4 nitrogen and oxygen atoms in total. The first-order valence-corrected chi connectivity index (χ1v) is 11.1. The molecule has 1 atom stereocenters. The number of likely N-dealkylation sites (tertiary alicyclic amines) is 1. The topological polar surface area (TPSA) is 44.8 Å². The number of pyridine rings is 1. The maximum absolute atomic E-state index is 13.9. The zero-order valence-electron chi connectivity index (χ0n) is 17.2. The van der Waals surface area contributed by atoms with Crippen molar-refractivity contribution in [1.29, 1.82) is 0 Å². The summed E-state index contributed by atoms with van der Waals surface area (Å²) in [7, 11) is 0. The van der Waals surface area contributed by atoms with Crippen molar-refractivity contribution >= 4 is 21.9 Å². The van der Waals surface area contributed by atoms with Gasteiger partial charge in [0.2, 0.25) is 0 Å². The van der Waals surface area contributed by atoms with Gasteiger partial charge in [-0.15, -0.1) is 0 Å². The second-order valence-electron chi connectivity index (χ2n) is 8.94. The number of H-pyrrole nitrogens is 1. The Labute approximate surface area is 179 Å². The van der Waals surface area contributed by atoms with Gasteiger partial charge < -0.3 is 4.98 Å². The SMILES string of the molecule is Fc1ccc2nc([C@@H](C3CC3)N3CCC(c4ccnc5ccc(F)cc45)CC3)[nH]c2c1. The zero-order valence-corrected chi connectivity index (χ0v) is 17.2. The lowest BCUT2D eigenvalue weighted by Gasteiger charge is -2.37. The van der Waals surface area contributed by atoms with Crippen molar-refractivity contribution in [2.24, 2.45) is 5.92 Å². The van der Waals surface area contributed by atoms with Crippen molar-refractivity contribution in [3.05, 3.63) is 71.7 Å². The van der Waals surface area contributed by atoms with Crippen LogP contribution in [0, 0.1) is 17.6 Å². The Hall–Kier alpha value is -2.86. The lowest BCUT2D eigenvalue weighted by Crippen LogP contribution is -2.37. The van der Waals surface area contributed by atoms with Crippen LogP contribution in [0.4, 0.5) is 8.78 Å². The average Bonchev–Trinajstić information content (AvgIpc) is 3.52. The van der Waals surface area contributed by atoms with Crippen LogP contribution in [0.3, 0.4) is 0 Å². The summed E-state index contributed by atoms with van der Waals surface area (Å²) in [6.07, 6.45) is 6.30. The number of nitrogens with one attached hydrogen (secondary N) is 1. The Bertz CT molecular complexity index is 1260. The van der Waals surface area contributed by atoms with E-state index in [9.17, 15) is 8.78 Å². The van der Waals surface area contributed by atoms with Crippen molar-refractivity contribution in [1.82, 2.24) is 19.9 Å². The summed E-state index contributed by atoms with van der Waals surface area (Å²) >= 11 is 0. The summed E-state index contributed by atoms with van der Waals surface area (Å²) < 4.78 is 27.5. The molecular weight excluding hydrogens is 394 g/mol. The molecule has 0 bridgehead atoms. The van der Waals surface area contributed by atoms with Gasteiger partial charge in [0.1, 0.15) is 17.5 Å². The van der Waals surface area contributed by atoms with Crippen LogP contribution < -0.4 is 0 Å². The number of hydrogen-bond acceptors (Lipinski definition) is 3. The van der Waals surface area contributed by atoms with Gasteiger partial charge in [0, 0.05) is 11.6 Å². The van der Waals surface area contributed by atoms with Gasteiger partial charge in [-0.05, 0) is 98.6 Å². The molecule has 4 aromatic rings. The third-order valence-electron chi connectivity index (χ3n) is 6.91. The van der Waals surface area contributed by atoms with Crippen LogP contribution in [0.5, 0.6) is 0 Å². The van der Waals surface area contributed by atoms with Crippen LogP contribution >= 0.6 is 0 Å². The van der Waals surface area contributed by atoms with Crippen molar-refractivity contribution in [2.45, 2.75) is 37.6 Å². The van der Waals surface area contributed by atoms with Gasteiger partial charge in [-0.3, -0.25) is 9.88 Å². The number of fused-ring (bicyclic) bond motifs is 2. The molecule has 6 heteroatoms. The van der Waals surface area contributed by atoms with E-state index in [0.717, 1.165) is 53.7 Å². The summed E-state index contributed by atoms with van der Waals surface area (Å²) in [5.74, 6) is 1.51. The normalized spacial score (nSPS) is 19.3. The molecule has 0 amide bonds. The lowest BCUT2D eigenvalue weighted by molar-refractivity contribution is 0.131. The number of benzene rings is 2. The van der Waals surface area contributed by atoms with E-state index in [0.29, 0.717) is 11.8 Å². The van der Waals surface area contributed by atoms with Gasteiger partial charge in [0.25, 0.3) is 0 Å². The van der Waals surface area contributed by atoms with Crippen molar-refractivity contribution in [3.8, 4) is 0 Å². The molecule has 1 saturated carbocycles. The molecule has 1 N–H and O–H groups in total. The van der Waals surface area contributed by atoms with E-state index in [-0.39, 0.29) is 17.7 Å². The number of piperidine rings is 1. The molecule has 2 aliphatic rings. The smallest absolute Gasteiger partial charge is 0.125 e. The summed E-state index contributed by atoms with van der Waals surface area (Å²) in [5.41, 5.74) is 3.64. The van der Waals surface area contributed by atoms with E-state index in [4.69, 9.17) is 4.98 Å². The Balaban J connectivity index is 1.25. The Morgan fingerprint density at radius 1 is 0.903 bits per heavy atom. The first-order valence-electron chi connectivity index (χ1n) is 11.1. The van der Waals surface area contributed by atoms with Gasteiger partial charge >= 0.3 is 0 Å². The first-order chi connectivity index (χ1) is 15.2. The molecule has 2 aromatic heterocycles. The standard InChI is InChI=1S/C25H24F2N4/c26-17-3-5-21-20(13-17)19(7-10-28-21)15-8-11-31(12-9-15)24(16-1-2-16)25-29-22-6-4-18(27)14-23(22)30-25/h3-7,10,13-16,24H,1-2,8-9,11-12H2,(H,29,30)/t24-/m1/s1. The van der Waals surface area contributed by atoms with Gasteiger partial charge in [-0.2, -0.15) is 0 Å². The highest BCUT2D eigenvalue weighted by Gasteiger charge is 2.39. The quantitative estimate of drug-likeness (QED) is 0.461. The van der Waals surface area contributed by atoms with E-state index < -0.39 is 0 Å². The van der Waals surface area contributed by atoms with E-state index in [1.54, 1.807) is 18.2 Å². The van der Waals surface area contributed by atoms with Gasteiger partial charge in [-0.1, -0.05) is 0 Å². The number of aromatic nitrogens is 3. The molecule has 1 aliphatic heterocycles. The molecule has 1 saturated heterocycles. The van der Waals surface area contributed by atoms with E-state index in [1.165, 1.54) is 36.6 Å². The van der Waals surface area contributed by atoms with Crippen molar-refractivity contribution < 1.29 is 8.78 Å². The molecule has 0 unspecified atom stereocenters. The van der Waals surface area contributed by atoms with E-state index in [2.05, 4.69) is 14.9 Å². The largest absolute Gasteiger partial charge is 0.341 e. The van der Waals surface area contributed by atoms with Crippen LogP contribution in [0.2, 0.25) is 0 Å². The van der Waals surface area contributed by atoms with Crippen LogP contribution in [-0.2, 0) is 0 Å². The molecule has 1 aliphatic carbocycles. The van der Waals surface area contributed by atoms with Crippen LogP contribution in [-0.4, -0.2) is 32.9 Å². The van der Waals surface area contributed by atoms with E-state index >= 15 is 0 Å². The predicted molar refractivity (Wildman–Crippen MR) is 117 cm³/mol. The number of hydrogen-bond donors (Lipinski definition) is 1. The molecule has 0 spiro atoms. The number of imidazole rings is 1. The fraction of sp³-hybridized carbons (Fsp3) is 0.360.